The molecule has 1 rings (SSSR count). The Morgan fingerprint density at radius 3 is 3.00 bits per heavy atom. The van der Waals surface area contributed by atoms with Crippen LogP contribution in [0, 0.1) is 0 Å². The highest BCUT2D eigenvalue weighted by Gasteiger charge is 2.05. The van der Waals surface area contributed by atoms with Gasteiger partial charge in [0.25, 0.3) is 0 Å². The lowest BCUT2D eigenvalue weighted by Gasteiger charge is -2.23. The Morgan fingerprint density at radius 2 is 2.40 bits per heavy atom. The van der Waals surface area contributed by atoms with Crippen LogP contribution in [0.15, 0.2) is 12.4 Å². The normalized spacial score (nSPS) is 13.3. The average Bonchev–Trinajstić information content (AvgIpc) is 2.75. The second-order valence-electron chi connectivity index (χ2n) is 3.95. The molecule has 0 bridgehead atoms. The minimum atomic E-state index is 0.662. The molecule has 15 heavy (non-hydrogen) atoms. The van der Waals surface area contributed by atoms with Crippen LogP contribution in [0.25, 0.3) is 0 Å². The highest BCUT2D eigenvalue weighted by Crippen LogP contribution is 1.98. The van der Waals surface area contributed by atoms with Crippen LogP contribution in [0.1, 0.15) is 26.1 Å². The lowest BCUT2D eigenvalue weighted by atomic mass is 10.2. The van der Waals surface area contributed by atoms with Crippen molar-refractivity contribution in [2.24, 2.45) is 0 Å². The fourth-order valence-electron chi connectivity index (χ4n) is 1.39. The van der Waals surface area contributed by atoms with Gasteiger partial charge in [-0.05, 0) is 20.4 Å². The molecule has 1 heterocycles. The summed E-state index contributed by atoms with van der Waals surface area (Å²) in [4.78, 5) is 9.59. The predicted octanol–water partition coefficient (Wildman–Crippen LogP) is 1.23. The van der Waals surface area contributed by atoms with E-state index in [1.165, 1.54) is 6.42 Å². The molecule has 86 valence electrons. The lowest BCUT2D eigenvalue weighted by Crippen LogP contribution is -2.34. The molecule has 1 aromatic rings. The number of nitrogens with one attached hydrogen (secondary N) is 2. The zero-order valence-corrected chi connectivity index (χ0v) is 9.95. The maximum atomic E-state index is 4.15. The van der Waals surface area contributed by atoms with E-state index in [1.54, 1.807) is 6.20 Å². The monoisotopic (exact) mass is 210 g/mol. The number of aromatic amines is 1. The zero-order chi connectivity index (χ0) is 11.1. The summed E-state index contributed by atoms with van der Waals surface area (Å²) >= 11 is 0. The SMILES string of the molecule is CCC(C)N(C)CCNCc1ncc[nH]1. The zero-order valence-electron chi connectivity index (χ0n) is 9.95. The van der Waals surface area contributed by atoms with E-state index in [2.05, 4.69) is 41.1 Å². The van der Waals surface area contributed by atoms with Crippen LogP contribution >= 0.6 is 0 Å². The molecule has 0 spiro atoms. The van der Waals surface area contributed by atoms with E-state index in [0.717, 1.165) is 25.5 Å². The molecule has 0 amide bonds. The van der Waals surface area contributed by atoms with Crippen molar-refractivity contribution < 1.29 is 0 Å². The summed E-state index contributed by atoms with van der Waals surface area (Å²) in [5.41, 5.74) is 0. The quantitative estimate of drug-likeness (QED) is 0.665. The van der Waals surface area contributed by atoms with Crippen LogP contribution in [-0.2, 0) is 6.54 Å². The second-order valence-corrected chi connectivity index (χ2v) is 3.95. The summed E-state index contributed by atoms with van der Waals surface area (Å²) in [6.45, 7) is 7.38. The van der Waals surface area contributed by atoms with Crippen molar-refractivity contribution in [2.75, 3.05) is 20.1 Å². The fourth-order valence-corrected chi connectivity index (χ4v) is 1.39. The molecule has 0 aliphatic rings. The number of rotatable bonds is 7. The molecule has 2 N–H and O–H groups in total. The van der Waals surface area contributed by atoms with Gasteiger partial charge in [-0.2, -0.15) is 0 Å². The standard InChI is InChI=1S/C11H22N4/c1-4-10(2)15(3)8-7-12-9-11-13-5-6-14-11/h5-6,10,12H,4,7-9H2,1-3H3,(H,13,14). The molecule has 1 atom stereocenters. The van der Waals surface area contributed by atoms with E-state index >= 15 is 0 Å². The topological polar surface area (TPSA) is 44.0 Å². The molecular weight excluding hydrogens is 188 g/mol. The minimum absolute atomic E-state index is 0.662. The van der Waals surface area contributed by atoms with E-state index in [9.17, 15) is 0 Å². The minimum Gasteiger partial charge on any atom is -0.348 e. The molecular formula is C11H22N4. The molecule has 0 saturated heterocycles. The largest absolute Gasteiger partial charge is 0.348 e. The Kier molecular flexibility index (Phi) is 5.36. The van der Waals surface area contributed by atoms with Gasteiger partial charge in [-0.15, -0.1) is 0 Å². The van der Waals surface area contributed by atoms with E-state index < -0.39 is 0 Å². The maximum Gasteiger partial charge on any atom is 0.120 e. The molecule has 0 fully saturated rings. The molecule has 4 nitrogen and oxygen atoms in total. The van der Waals surface area contributed by atoms with Gasteiger partial charge in [0.1, 0.15) is 5.82 Å². The third-order valence-corrected chi connectivity index (χ3v) is 2.83. The Hall–Kier alpha value is -0.870. The first-order valence-electron chi connectivity index (χ1n) is 5.63. The van der Waals surface area contributed by atoms with Gasteiger partial charge in [0.2, 0.25) is 0 Å². The smallest absolute Gasteiger partial charge is 0.120 e. The second kappa shape index (κ2) is 6.58. The fraction of sp³-hybridized carbons (Fsp3) is 0.727. The van der Waals surface area contributed by atoms with Gasteiger partial charge in [0, 0.05) is 31.5 Å². The molecule has 1 unspecified atom stereocenters. The van der Waals surface area contributed by atoms with Gasteiger partial charge >= 0.3 is 0 Å². The molecule has 0 radical (unpaired) electrons. The van der Waals surface area contributed by atoms with Crippen molar-refractivity contribution in [1.82, 2.24) is 20.2 Å². The Morgan fingerprint density at radius 1 is 1.60 bits per heavy atom. The number of nitrogens with zero attached hydrogens (tertiary/aromatic N) is 2. The van der Waals surface area contributed by atoms with Crippen LogP contribution in [0.3, 0.4) is 0 Å². The number of H-pyrrole nitrogens is 1. The van der Waals surface area contributed by atoms with Crippen molar-refractivity contribution in [2.45, 2.75) is 32.9 Å². The van der Waals surface area contributed by atoms with Crippen molar-refractivity contribution >= 4 is 0 Å². The first kappa shape index (κ1) is 12.2. The van der Waals surface area contributed by atoms with Gasteiger partial charge < -0.3 is 15.2 Å². The first-order valence-corrected chi connectivity index (χ1v) is 5.63. The summed E-state index contributed by atoms with van der Waals surface area (Å²) in [6.07, 6.45) is 4.83. The van der Waals surface area contributed by atoms with Crippen LogP contribution in [0.2, 0.25) is 0 Å². The Balaban J connectivity index is 2.06. The van der Waals surface area contributed by atoms with Gasteiger partial charge in [-0.25, -0.2) is 4.98 Å². The highest BCUT2D eigenvalue weighted by atomic mass is 15.1. The first-order chi connectivity index (χ1) is 7.24. The van der Waals surface area contributed by atoms with Crippen molar-refractivity contribution in [3.8, 4) is 0 Å². The number of hydrogen-bond donors (Lipinski definition) is 2. The van der Waals surface area contributed by atoms with Crippen LogP contribution in [-0.4, -0.2) is 41.0 Å². The van der Waals surface area contributed by atoms with Crippen LogP contribution < -0.4 is 5.32 Å². The molecule has 0 saturated carbocycles. The number of aromatic nitrogens is 2. The maximum absolute atomic E-state index is 4.15. The van der Waals surface area contributed by atoms with Crippen molar-refractivity contribution in [3.63, 3.8) is 0 Å². The Labute approximate surface area is 92.1 Å². The summed E-state index contributed by atoms with van der Waals surface area (Å²) < 4.78 is 0. The predicted molar refractivity (Wildman–Crippen MR) is 62.7 cm³/mol. The number of imidazole rings is 1. The lowest BCUT2D eigenvalue weighted by molar-refractivity contribution is 0.251. The molecule has 0 aliphatic carbocycles. The van der Waals surface area contributed by atoms with Gasteiger partial charge in [-0.1, -0.05) is 6.92 Å². The average molecular weight is 210 g/mol. The summed E-state index contributed by atoms with van der Waals surface area (Å²) in [7, 11) is 2.17. The highest BCUT2D eigenvalue weighted by molar-refractivity contribution is 4.85. The van der Waals surface area contributed by atoms with E-state index in [1.807, 2.05) is 6.20 Å². The third kappa shape index (κ3) is 4.44. The van der Waals surface area contributed by atoms with E-state index in [0.29, 0.717) is 6.04 Å². The third-order valence-electron chi connectivity index (χ3n) is 2.83. The van der Waals surface area contributed by atoms with Crippen LogP contribution in [0.4, 0.5) is 0 Å². The van der Waals surface area contributed by atoms with Crippen LogP contribution in [0.5, 0.6) is 0 Å². The molecule has 0 aromatic carbocycles. The number of likely N-dealkylation sites (N-methyl/N-ethyl adjacent to an activating group) is 1. The summed E-state index contributed by atoms with van der Waals surface area (Å²) in [5.74, 6) is 1.00. The van der Waals surface area contributed by atoms with Gasteiger partial charge in [0.05, 0.1) is 6.54 Å². The van der Waals surface area contributed by atoms with Gasteiger partial charge in [0.15, 0.2) is 0 Å². The number of hydrogen-bond acceptors (Lipinski definition) is 3. The molecule has 4 heteroatoms. The summed E-state index contributed by atoms with van der Waals surface area (Å²) in [6, 6.07) is 0.662. The van der Waals surface area contributed by atoms with E-state index in [-0.39, 0.29) is 0 Å². The van der Waals surface area contributed by atoms with Crippen molar-refractivity contribution in [1.29, 1.82) is 0 Å². The van der Waals surface area contributed by atoms with E-state index in [4.69, 9.17) is 0 Å². The summed E-state index contributed by atoms with van der Waals surface area (Å²) in [5, 5.41) is 3.36. The van der Waals surface area contributed by atoms with Gasteiger partial charge in [-0.3, -0.25) is 0 Å². The van der Waals surface area contributed by atoms with Crippen molar-refractivity contribution in [3.05, 3.63) is 18.2 Å². The Bertz CT molecular complexity index is 245. The molecule has 0 aliphatic heterocycles. The molecule has 1 aromatic heterocycles.